The monoisotopic (exact) mass is 319 g/mol. The number of nitrogens with zero attached hydrogens (tertiary/aromatic N) is 1. The molecule has 0 aromatic carbocycles. The Kier molecular flexibility index (Phi) is 5.70. The van der Waals surface area contributed by atoms with Crippen LogP contribution in [0.5, 0.6) is 5.75 Å². The van der Waals surface area contributed by atoms with Crippen LogP contribution < -0.4 is 4.74 Å². The summed E-state index contributed by atoms with van der Waals surface area (Å²) in [7, 11) is 0. The third kappa shape index (κ3) is 4.80. The van der Waals surface area contributed by atoms with Crippen LogP contribution in [-0.2, 0) is 10.6 Å². The average molecular weight is 320 g/mol. The van der Waals surface area contributed by atoms with Gasteiger partial charge in [-0.3, -0.25) is 4.98 Å². The molecule has 3 nitrogen and oxygen atoms in total. The summed E-state index contributed by atoms with van der Waals surface area (Å²) in [6, 6.07) is 3.79. The summed E-state index contributed by atoms with van der Waals surface area (Å²) in [4.78, 5) is 4.17. The minimum Gasteiger partial charge on any atom is -0.490 e. The number of hydrogen-bond donors (Lipinski definition) is 0. The van der Waals surface area contributed by atoms with Gasteiger partial charge in [0, 0.05) is 25.1 Å². The second-order valence-corrected chi connectivity index (χ2v) is 6.65. The zero-order valence-electron chi connectivity index (χ0n) is 12.5. The molecule has 0 unspecified atom stereocenters. The zero-order valence-corrected chi connectivity index (χ0v) is 14.1. The van der Waals surface area contributed by atoms with Crippen LogP contribution in [0.25, 0.3) is 0 Å². The van der Waals surface area contributed by atoms with Gasteiger partial charge < -0.3 is 9.47 Å². The van der Waals surface area contributed by atoms with Gasteiger partial charge in [0.15, 0.2) is 0 Å². The minimum absolute atomic E-state index is 0. The maximum Gasteiger partial charge on any atom is 0.123 e. The van der Waals surface area contributed by atoms with Crippen molar-refractivity contribution in [1.29, 1.82) is 0 Å². The summed E-state index contributed by atoms with van der Waals surface area (Å²) >= 11 is 5.79. The molecule has 0 atom stereocenters. The Morgan fingerprint density at radius 1 is 1.30 bits per heavy atom. The van der Waals surface area contributed by atoms with Crippen molar-refractivity contribution in [3.63, 3.8) is 0 Å². The maximum absolute atomic E-state index is 6.09. The lowest BCUT2D eigenvalue weighted by molar-refractivity contribution is -0.182. The number of hydrogen-bond acceptors (Lipinski definition) is 3. The van der Waals surface area contributed by atoms with Gasteiger partial charge in [0.05, 0.1) is 22.8 Å². The number of ether oxygens (including phenoxy) is 2. The summed E-state index contributed by atoms with van der Waals surface area (Å²) in [5.41, 5.74) is 0.522. The van der Waals surface area contributed by atoms with Crippen LogP contribution in [0.15, 0.2) is 18.3 Å². The standard InChI is InChI=1S/C15H22ClNO2.ClH/c1-14(2)8-13(9-15(3,4)19-14)18-12-5-6-17-11(7-12)10-16;/h5-7,13H,8-10H2,1-4H3;1H. The van der Waals surface area contributed by atoms with Gasteiger partial charge in [0.1, 0.15) is 11.9 Å². The molecule has 1 aromatic rings. The van der Waals surface area contributed by atoms with Crippen molar-refractivity contribution in [2.24, 2.45) is 0 Å². The van der Waals surface area contributed by atoms with E-state index in [1.165, 1.54) is 0 Å². The van der Waals surface area contributed by atoms with E-state index in [0.29, 0.717) is 5.88 Å². The molecule has 5 heteroatoms. The molecular weight excluding hydrogens is 297 g/mol. The Morgan fingerprint density at radius 2 is 1.90 bits per heavy atom. The molecule has 20 heavy (non-hydrogen) atoms. The zero-order chi connectivity index (χ0) is 14.1. The molecule has 0 radical (unpaired) electrons. The molecule has 0 saturated carbocycles. The molecule has 0 bridgehead atoms. The van der Waals surface area contributed by atoms with E-state index in [2.05, 4.69) is 32.7 Å². The van der Waals surface area contributed by atoms with Crippen molar-refractivity contribution in [1.82, 2.24) is 4.98 Å². The van der Waals surface area contributed by atoms with E-state index in [1.54, 1.807) is 6.20 Å². The van der Waals surface area contributed by atoms with Gasteiger partial charge in [-0.1, -0.05) is 0 Å². The van der Waals surface area contributed by atoms with Crippen LogP contribution in [0.1, 0.15) is 46.2 Å². The van der Waals surface area contributed by atoms with Crippen LogP contribution in [0, 0.1) is 0 Å². The third-order valence-electron chi connectivity index (χ3n) is 3.22. The highest BCUT2D eigenvalue weighted by Crippen LogP contribution is 2.36. The van der Waals surface area contributed by atoms with Gasteiger partial charge in [-0.15, -0.1) is 24.0 Å². The van der Waals surface area contributed by atoms with Gasteiger partial charge in [-0.25, -0.2) is 0 Å². The molecule has 1 fully saturated rings. The van der Waals surface area contributed by atoms with E-state index in [-0.39, 0.29) is 29.7 Å². The van der Waals surface area contributed by atoms with Crippen molar-refractivity contribution >= 4 is 24.0 Å². The molecule has 0 aliphatic carbocycles. The molecule has 0 spiro atoms. The molecular formula is C15H23Cl2NO2. The summed E-state index contributed by atoms with van der Waals surface area (Å²) < 4.78 is 12.2. The van der Waals surface area contributed by atoms with Gasteiger partial charge in [-0.05, 0) is 33.8 Å². The Labute approximate surface area is 132 Å². The lowest BCUT2D eigenvalue weighted by Gasteiger charge is -2.45. The van der Waals surface area contributed by atoms with Crippen LogP contribution in [0.3, 0.4) is 0 Å². The molecule has 2 rings (SSSR count). The lowest BCUT2D eigenvalue weighted by atomic mass is 9.87. The highest BCUT2D eigenvalue weighted by molar-refractivity contribution is 6.16. The minimum atomic E-state index is -0.158. The van der Waals surface area contributed by atoms with Crippen LogP contribution in [0.4, 0.5) is 0 Å². The van der Waals surface area contributed by atoms with E-state index in [9.17, 15) is 0 Å². The van der Waals surface area contributed by atoms with Gasteiger partial charge >= 0.3 is 0 Å². The summed E-state index contributed by atoms with van der Waals surface area (Å²) in [6.07, 6.45) is 3.66. The van der Waals surface area contributed by atoms with E-state index < -0.39 is 0 Å². The fourth-order valence-electron chi connectivity index (χ4n) is 2.88. The maximum atomic E-state index is 6.09. The van der Waals surface area contributed by atoms with Crippen LogP contribution >= 0.6 is 24.0 Å². The van der Waals surface area contributed by atoms with Gasteiger partial charge in [0.25, 0.3) is 0 Å². The fourth-order valence-corrected chi connectivity index (χ4v) is 3.02. The van der Waals surface area contributed by atoms with Crippen molar-refractivity contribution in [2.45, 2.75) is 63.7 Å². The van der Waals surface area contributed by atoms with Crippen molar-refractivity contribution in [2.75, 3.05) is 0 Å². The first-order chi connectivity index (χ1) is 8.80. The summed E-state index contributed by atoms with van der Waals surface area (Å²) in [6.45, 7) is 8.45. The van der Waals surface area contributed by atoms with E-state index in [4.69, 9.17) is 21.1 Å². The second kappa shape index (κ2) is 6.50. The Bertz CT molecular complexity index is 433. The highest BCUT2D eigenvalue weighted by atomic mass is 35.5. The SMILES string of the molecule is CC1(C)CC(Oc2ccnc(CCl)c2)CC(C)(C)O1.Cl. The molecule has 114 valence electrons. The smallest absolute Gasteiger partial charge is 0.123 e. The molecule has 1 aromatic heterocycles. The molecule has 1 saturated heterocycles. The quantitative estimate of drug-likeness (QED) is 0.776. The Hall–Kier alpha value is -0.510. The van der Waals surface area contributed by atoms with Gasteiger partial charge in [0.2, 0.25) is 0 Å². The molecule has 1 aliphatic rings. The molecule has 2 heterocycles. The number of halogens is 2. The largest absolute Gasteiger partial charge is 0.490 e. The first kappa shape index (κ1) is 17.5. The topological polar surface area (TPSA) is 31.4 Å². The molecule has 1 aliphatic heterocycles. The average Bonchev–Trinajstić information content (AvgIpc) is 2.24. The lowest BCUT2D eigenvalue weighted by Crippen LogP contribution is -2.49. The Morgan fingerprint density at radius 3 is 2.45 bits per heavy atom. The summed E-state index contributed by atoms with van der Waals surface area (Å²) in [5, 5.41) is 0. The summed E-state index contributed by atoms with van der Waals surface area (Å²) in [5.74, 6) is 1.24. The number of aromatic nitrogens is 1. The normalized spacial score (nSPS) is 21.1. The number of alkyl halides is 1. The van der Waals surface area contributed by atoms with Crippen molar-refractivity contribution in [3.05, 3.63) is 24.0 Å². The van der Waals surface area contributed by atoms with Gasteiger partial charge in [-0.2, -0.15) is 0 Å². The predicted molar refractivity (Wildman–Crippen MR) is 83.9 cm³/mol. The highest BCUT2D eigenvalue weighted by Gasteiger charge is 2.40. The van der Waals surface area contributed by atoms with Crippen molar-refractivity contribution < 1.29 is 9.47 Å². The third-order valence-corrected chi connectivity index (χ3v) is 3.49. The number of pyridine rings is 1. The first-order valence-electron chi connectivity index (χ1n) is 6.67. The fraction of sp³-hybridized carbons (Fsp3) is 0.667. The Balaban J connectivity index is 0.00000200. The predicted octanol–water partition coefficient (Wildman–Crippen LogP) is 4.36. The number of rotatable bonds is 3. The van der Waals surface area contributed by atoms with Crippen molar-refractivity contribution in [3.8, 4) is 5.75 Å². The van der Waals surface area contributed by atoms with Crippen LogP contribution in [-0.4, -0.2) is 22.3 Å². The van der Waals surface area contributed by atoms with E-state index >= 15 is 0 Å². The van der Waals surface area contributed by atoms with E-state index in [1.807, 2.05) is 12.1 Å². The van der Waals surface area contributed by atoms with E-state index in [0.717, 1.165) is 24.3 Å². The molecule has 0 amide bonds. The second-order valence-electron chi connectivity index (χ2n) is 6.39. The molecule has 0 N–H and O–H groups in total. The first-order valence-corrected chi connectivity index (χ1v) is 7.21. The van der Waals surface area contributed by atoms with Crippen LogP contribution in [0.2, 0.25) is 0 Å².